The minimum absolute atomic E-state index is 0.0585. The highest BCUT2D eigenvalue weighted by molar-refractivity contribution is 7.99. The Morgan fingerprint density at radius 2 is 1.60 bits per heavy atom. The first-order valence-corrected chi connectivity index (χ1v) is 11.9. The summed E-state index contributed by atoms with van der Waals surface area (Å²) in [5.74, 6) is 1.78. The molecule has 162 valence electrons. The van der Waals surface area contributed by atoms with Gasteiger partial charge in [-0.3, -0.25) is 4.79 Å². The molecule has 0 radical (unpaired) electrons. The van der Waals surface area contributed by atoms with Crippen LogP contribution in [-0.2, 0) is 16.3 Å². The number of nitrogens with zero attached hydrogens (tertiary/aromatic N) is 1. The Hall–Kier alpha value is -2.04. The zero-order valence-corrected chi connectivity index (χ0v) is 17.6. The molecule has 5 nitrogen and oxygen atoms in total. The van der Waals surface area contributed by atoms with Gasteiger partial charge >= 0.3 is 5.51 Å². The lowest BCUT2D eigenvalue weighted by molar-refractivity contribution is -0.0436. The lowest BCUT2D eigenvalue weighted by Gasteiger charge is -2.26. The number of benzene rings is 2. The molecule has 1 fully saturated rings. The highest BCUT2D eigenvalue weighted by Crippen LogP contribution is 2.30. The quantitative estimate of drug-likeness (QED) is 0.713. The van der Waals surface area contributed by atoms with Crippen molar-refractivity contribution in [3.8, 4) is 0 Å². The summed E-state index contributed by atoms with van der Waals surface area (Å²) in [4.78, 5) is 13.8. The van der Waals surface area contributed by atoms with E-state index in [0.717, 1.165) is 67.4 Å². The third kappa shape index (κ3) is 5.55. The van der Waals surface area contributed by atoms with E-state index in [1.165, 1.54) is 0 Å². The molecule has 1 N–H and O–H groups in total. The largest absolute Gasteiger partial charge is 0.501 e. The summed E-state index contributed by atoms with van der Waals surface area (Å²) in [6.45, 7) is 3.18. The van der Waals surface area contributed by atoms with Gasteiger partial charge in [-0.15, -0.1) is 0 Å². The second-order valence-electron chi connectivity index (χ2n) is 6.83. The molecular formula is C20H21F3N2O3S2. The molecule has 30 heavy (non-hydrogen) atoms. The van der Waals surface area contributed by atoms with E-state index in [2.05, 4.69) is 10.2 Å². The van der Waals surface area contributed by atoms with Crippen molar-refractivity contribution in [1.29, 1.82) is 0 Å². The van der Waals surface area contributed by atoms with Gasteiger partial charge < -0.3 is 10.2 Å². The highest BCUT2D eigenvalue weighted by atomic mass is 32.2. The molecule has 3 rings (SSSR count). The zero-order valence-electron chi connectivity index (χ0n) is 16.0. The third-order valence-corrected chi connectivity index (χ3v) is 7.21. The Kier molecular flexibility index (Phi) is 7.10. The Balaban J connectivity index is 1.58. The lowest BCUT2D eigenvalue weighted by atomic mass is 10.1. The molecule has 10 heteroatoms. The number of carbonyl (C=O) groups is 1. The number of thioether (sulfide) groups is 1. The van der Waals surface area contributed by atoms with E-state index in [-0.39, 0.29) is 5.56 Å². The number of carbonyl (C=O) groups excluding carboxylic acids is 1. The number of nitrogens with one attached hydrogen (secondary N) is 1. The second-order valence-corrected chi connectivity index (χ2v) is 9.99. The van der Waals surface area contributed by atoms with E-state index < -0.39 is 26.1 Å². The van der Waals surface area contributed by atoms with Gasteiger partial charge in [0.05, 0.1) is 4.90 Å². The van der Waals surface area contributed by atoms with Crippen molar-refractivity contribution in [2.75, 3.05) is 36.5 Å². The summed E-state index contributed by atoms with van der Waals surface area (Å²) in [5, 5.41) is 2.66. The van der Waals surface area contributed by atoms with Gasteiger partial charge in [-0.05, 0) is 48.4 Å². The number of amides is 1. The highest BCUT2D eigenvalue weighted by Gasteiger charge is 2.46. The van der Waals surface area contributed by atoms with E-state index in [1.54, 1.807) is 12.1 Å². The van der Waals surface area contributed by atoms with Gasteiger partial charge in [-0.2, -0.15) is 24.9 Å². The molecule has 2 aromatic carbocycles. The monoisotopic (exact) mass is 458 g/mol. The Morgan fingerprint density at radius 1 is 1.00 bits per heavy atom. The Labute approximate surface area is 177 Å². The number of hydrogen-bond acceptors (Lipinski definition) is 5. The summed E-state index contributed by atoms with van der Waals surface area (Å²) in [7, 11) is -5.43. The summed E-state index contributed by atoms with van der Waals surface area (Å²) < 4.78 is 60.5. The molecule has 0 aromatic heterocycles. The zero-order chi connectivity index (χ0) is 21.8. The summed E-state index contributed by atoms with van der Waals surface area (Å²) >= 11 is 1.97. The van der Waals surface area contributed by atoms with Crippen LogP contribution in [-0.4, -0.2) is 55.9 Å². The molecule has 0 aliphatic carbocycles. The van der Waals surface area contributed by atoms with E-state index in [9.17, 15) is 26.4 Å². The predicted molar refractivity (Wildman–Crippen MR) is 112 cm³/mol. The van der Waals surface area contributed by atoms with Gasteiger partial charge in [0.25, 0.3) is 15.7 Å². The van der Waals surface area contributed by atoms with Crippen LogP contribution < -0.4 is 5.32 Å². The minimum atomic E-state index is -5.43. The molecule has 2 aromatic rings. The van der Waals surface area contributed by atoms with Crippen molar-refractivity contribution in [2.24, 2.45) is 0 Å². The average Bonchev–Trinajstić information content (AvgIpc) is 2.73. The van der Waals surface area contributed by atoms with Crippen LogP contribution in [0.4, 0.5) is 18.9 Å². The van der Waals surface area contributed by atoms with Crippen molar-refractivity contribution in [2.45, 2.75) is 16.8 Å². The van der Waals surface area contributed by atoms with Crippen LogP contribution in [0, 0.1) is 0 Å². The average molecular weight is 459 g/mol. The number of halogens is 3. The van der Waals surface area contributed by atoms with Crippen molar-refractivity contribution >= 4 is 33.2 Å². The Bertz CT molecular complexity index is 970. The molecule has 0 saturated carbocycles. The molecular weight excluding hydrogens is 437 g/mol. The molecule has 1 aliphatic heterocycles. The van der Waals surface area contributed by atoms with E-state index in [4.69, 9.17) is 0 Å². The number of alkyl halides is 3. The van der Waals surface area contributed by atoms with E-state index in [1.807, 2.05) is 23.9 Å². The third-order valence-electron chi connectivity index (χ3n) is 4.76. The van der Waals surface area contributed by atoms with Crippen LogP contribution in [0.25, 0.3) is 0 Å². The predicted octanol–water partition coefficient (Wildman–Crippen LogP) is 3.82. The van der Waals surface area contributed by atoms with Gasteiger partial charge in [0.2, 0.25) is 0 Å². The standard InChI is InChI=1S/C20H21F3N2O3S2/c21-20(22,23)30(27,28)18-7-3-16(4-8-18)19(26)24-17-5-1-15(2-6-17)9-10-25-11-13-29-14-12-25/h1-8H,9-14H2,(H,24,26). The molecule has 0 bridgehead atoms. The first-order valence-electron chi connectivity index (χ1n) is 9.28. The summed E-state index contributed by atoms with van der Waals surface area (Å²) in [6, 6.07) is 11.0. The summed E-state index contributed by atoms with van der Waals surface area (Å²) in [5.41, 5.74) is -3.63. The molecule has 0 atom stereocenters. The molecule has 1 heterocycles. The molecule has 0 spiro atoms. The van der Waals surface area contributed by atoms with Crippen LogP contribution in [0.15, 0.2) is 53.4 Å². The Morgan fingerprint density at radius 3 is 2.17 bits per heavy atom. The van der Waals surface area contributed by atoms with Crippen LogP contribution >= 0.6 is 11.8 Å². The molecule has 1 saturated heterocycles. The number of rotatable bonds is 6. The van der Waals surface area contributed by atoms with Crippen LogP contribution in [0.1, 0.15) is 15.9 Å². The number of anilines is 1. The maximum atomic E-state index is 12.6. The smallest absolute Gasteiger partial charge is 0.322 e. The van der Waals surface area contributed by atoms with Crippen LogP contribution in [0.2, 0.25) is 0 Å². The normalized spacial score (nSPS) is 15.7. The van der Waals surface area contributed by atoms with Gasteiger partial charge in [0.15, 0.2) is 0 Å². The molecule has 1 amide bonds. The van der Waals surface area contributed by atoms with Gasteiger partial charge in [-0.1, -0.05) is 12.1 Å². The van der Waals surface area contributed by atoms with Crippen molar-refractivity contribution < 1.29 is 26.4 Å². The van der Waals surface area contributed by atoms with E-state index in [0.29, 0.717) is 5.69 Å². The van der Waals surface area contributed by atoms with Gasteiger partial charge in [-0.25, -0.2) is 8.42 Å². The minimum Gasteiger partial charge on any atom is -0.322 e. The first kappa shape index (κ1) is 22.6. The fourth-order valence-corrected chi connectivity index (χ4v) is 4.73. The number of hydrogen-bond donors (Lipinski definition) is 1. The van der Waals surface area contributed by atoms with Gasteiger partial charge in [0, 0.05) is 42.4 Å². The molecule has 0 unspecified atom stereocenters. The molecule has 1 aliphatic rings. The first-order chi connectivity index (χ1) is 14.2. The summed E-state index contributed by atoms with van der Waals surface area (Å²) in [6.07, 6.45) is 0.911. The van der Waals surface area contributed by atoms with Crippen LogP contribution in [0.3, 0.4) is 0 Å². The maximum absolute atomic E-state index is 12.6. The van der Waals surface area contributed by atoms with Gasteiger partial charge in [0.1, 0.15) is 0 Å². The van der Waals surface area contributed by atoms with Crippen LogP contribution in [0.5, 0.6) is 0 Å². The lowest BCUT2D eigenvalue weighted by Crippen LogP contribution is -2.34. The topological polar surface area (TPSA) is 66.5 Å². The SMILES string of the molecule is O=C(Nc1ccc(CCN2CCSCC2)cc1)c1ccc(S(=O)(=O)C(F)(F)F)cc1. The second kappa shape index (κ2) is 9.40. The van der Waals surface area contributed by atoms with Crippen molar-refractivity contribution in [1.82, 2.24) is 4.90 Å². The van der Waals surface area contributed by atoms with Crippen molar-refractivity contribution in [3.05, 3.63) is 59.7 Å². The number of sulfone groups is 1. The van der Waals surface area contributed by atoms with E-state index >= 15 is 0 Å². The fourth-order valence-electron chi connectivity index (χ4n) is 2.99. The van der Waals surface area contributed by atoms with Crippen molar-refractivity contribution in [3.63, 3.8) is 0 Å². The maximum Gasteiger partial charge on any atom is 0.501 e. The fraction of sp³-hybridized carbons (Fsp3) is 0.350.